The predicted molar refractivity (Wildman–Crippen MR) is 179 cm³/mol. The van der Waals surface area contributed by atoms with Crippen LogP contribution in [0.2, 0.25) is 0 Å². The van der Waals surface area contributed by atoms with Crippen LogP contribution < -0.4 is 21.4 Å². The third-order valence-electron chi connectivity index (χ3n) is 9.31. The van der Waals surface area contributed by atoms with Gasteiger partial charge in [0.25, 0.3) is 0 Å². The number of H-pyrrole nitrogens is 4. The molecule has 0 radical (unpaired) electrons. The van der Waals surface area contributed by atoms with Crippen LogP contribution in [0, 0.1) is 27.7 Å². The zero-order valence-corrected chi connectivity index (χ0v) is 27.4. The number of carbonyl (C=O) groups is 4. The highest BCUT2D eigenvalue weighted by molar-refractivity contribution is 5.71. The van der Waals surface area contributed by atoms with Gasteiger partial charge in [-0.1, -0.05) is 0 Å². The second-order valence-electron chi connectivity index (χ2n) is 12.4. The van der Waals surface area contributed by atoms with Crippen LogP contribution in [0.5, 0.6) is 0 Å². The molecule has 0 aromatic carbocycles. The molecule has 8 bridgehead atoms. The van der Waals surface area contributed by atoms with E-state index < -0.39 is 23.9 Å². The van der Waals surface area contributed by atoms with Gasteiger partial charge in [0.15, 0.2) is 0 Å². The number of hydrogen-bond acceptors (Lipinski definition) is 4. The van der Waals surface area contributed by atoms with E-state index in [1.807, 2.05) is 52.0 Å². The van der Waals surface area contributed by atoms with Crippen LogP contribution in [0.25, 0.3) is 24.3 Å². The molecule has 0 unspecified atom stereocenters. The number of aromatic amines is 4. The number of rotatable bonds is 12. The first-order chi connectivity index (χ1) is 22.7. The maximum Gasteiger partial charge on any atom is 0.303 e. The molecule has 4 aromatic rings. The molecule has 0 saturated heterocycles. The average Bonchev–Trinajstić information content (AvgIpc) is 3.66. The Hall–Kier alpha value is -5.52. The lowest BCUT2D eigenvalue weighted by molar-refractivity contribution is -0.138. The Bertz CT molecular complexity index is 2210. The monoisotopic (exact) mass is 656 g/mol. The van der Waals surface area contributed by atoms with E-state index in [9.17, 15) is 39.6 Å². The Labute approximate surface area is 275 Å². The summed E-state index contributed by atoms with van der Waals surface area (Å²) in [5.41, 5.74) is 9.64. The second kappa shape index (κ2) is 13.7. The SMILES string of the molecule is Cc1c2[nH]c(c1CCC(=O)O)C=c1[nH]c(c(CCC(=O)O)c1C)=Cc1[nH]c(c(CCC(=O)O)c1C)C=c1[nH]c(c(C)c1CCC(=O)O)=C2. The van der Waals surface area contributed by atoms with Gasteiger partial charge in [0.1, 0.15) is 0 Å². The van der Waals surface area contributed by atoms with Gasteiger partial charge in [-0.05, 0) is 122 Å². The van der Waals surface area contributed by atoms with Crippen molar-refractivity contribution in [1.82, 2.24) is 19.9 Å². The maximum absolute atomic E-state index is 11.6. The van der Waals surface area contributed by atoms with Crippen LogP contribution in [0.4, 0.5) is 0 Å². The molecule has 48 heavy (non-hydrogen) atoms. The first-order valence-electron chi connectivity index (χ1n) is 15.8. The van der Waals surface area contributed by atoms with E-state index in [-0.39, 0.29) is 51.4 Å². The minimum Gasteiger partial charge on any atom is -0.481 e. The van der Waals surface area contributed by atoms with Crippen molar-refractivity contribution in [2.45, 2.75) is 79.1 Å². The van der Waals surface area contributed by atoms with Gasteiger partial charge < -0.3 is 40.4 Å². The third kappa shape index (κ3) is 7.07. The van der Waals surface area contributed by atoms with E-state index in [1.165, 1.54) is 0 Å². The summed E-state index contributed by atoms with van der Waals surface area (Å²) in [4.78, 5) is 60.3. The van der Waals surface area contributed by atoms with Gasteiger partial charge in [-0.15, -0.1) is 0 Å². The molecule has 12 heteroatoms. The number of carboxylic acid groups (broad SMARTS) is 4. The number of fused-ring (bicyclic) bond motifs is 8. The van der Waals surface area contributed by atoms with Gasteiger partial charge in [0.05, 0.1) is 0 Å². The normalized spacial score (nSPS) is 12.1. The first kappa shape index (κ1) is 33.8. The van der Waals surface area contributed by atoms with Crippen molar-refractivity contribution in [1.29, 1.82) is 0 Å². The van der Waals surface area contributed by atoms with Crippen LogP contribution >= 0.6 is 0 Å². The van der Waals surface area contributed by atoms with Crippen molar-refractivity contribution in [3.05, 3.63) is 88.7 Å². The summed E-state index contributed by atoms with van der Waals surface area (Å²) in [6.45, 7) is 7.69. The summed E-state index contributed by atoms with van der Waals surface area (Å²) in [7, 11) is 0. The van der Waals surface area contributed by atoms with E-state index >= 15 is 0 Å². The number of carboxylic acids is 4. The Morgan fingerprint density at radius 1 is 0.417 bits per heavy atom. The molecule has 0 amide bonds. The quantitative estimate of drug-likeness (QED) is 0.0992. The van der Waals surface area contributed by atoms with Crippen molar-refractivity contribution in [3.8, 4) is 0 Å². The fourth-order valence-corrected chi connectivity index (χ4v) is 6.58. The van der Waals surface area contributed by atoms with E-state index in [1.54, 1.807) is 0 Å². The molecule has 12 nitrogen and oxygen atoms in total. The van der Waals surface area contributed by atoms with Crippen molar-refractivity contribution >= 4 is 48.2 Å². The van der Waals surface area contributed by atoms with E-state index in [0.29, 0.717) is 16.4 Å². The standard InChI is InChI=1S/C36H40N4O8/c1-17-21(5-9-33(41)42)29-14-27-19(3)22(6-10-34(43)44)30(39-27)15-28-20(4)24(8-12-36(47)48)32(40-28)16-31-23(7-11-35(45)46)18(2)26(38-31)13-25(17)37-29/h13-16,37-40H,5-12H2,1-4H3,(H,41,42)(H,43,44)(H,45,46)(H,47,48). The molecule has 0 saturated carbocycles. The Morgan fingerprint density at radius 3 is 1.06 bits per heavy atom. The molecule has 0 aliphatic carbocycles. The molecule has 0 fully saturated rings. The molecule has 1 aliphatic heterocycles. The lowest BCUT2D eigenvalue weighted by Gasteiger charge is -2.02. The summed E-state index contributed by atoms with van der Waals surface area (Å²) in [6, 6.07) is 0. The molecule has 8 N–H and O–H groups in total. The maximum atomic E-state index is 11.6. The van der Waals surface area contributed by atoms with Crippen molar-refractivity contribution < 1.29 is 39.6 Å². The van der Waals surface area contributed by atoms with E-state index in [2.05, 4.69) is 19.9 Å². The van der Waals surface area contributed by atoms with Gasteiger partial charge >= 0.3 is 23.9 Å². The Balaban J connectivity index is 1.89. The number of aromatic nitrogens is 4. The molecule has 4 aromatic heterocycles. The highest BCUT2D eigenvalue weighted by Crippen LogP contribution is 2.24. The molecule has 0 atom stereocenters. The number of aliphatic carboxylic acids is 4. The molecule has 252 valence electrons. The zero-order chi connectivity index (χ0) is 34.9. The van der Waals surface area contributed by atoms with Gasteiger partial charge in [0.2, 0.25) is 0 Å². The topological polar surface area (TPSA) is 212 Å². The number of hydrogen-bond donors (Lipinski definition) is 8. The van der Waals surface area contributed by atoms with Crippen LogP contribution in [-0.4, -0.2) is 64.2 Å². The van der Waals surface area contributed by atoms with Crippen molar-refractivity contribution in [2.75, 3.05) is 0 Å². The third-order valence-corrected chi connectivity index (χ3v) is 9.31. The summed E-state index contributed by atoms with van der Waals surface area (Å²) >= 11 is 0. The Morgan fingerprint density at radius 2 is 0.708 bits per heavy atom. The molecular weight excluding hydrogens is 616 g/mol. The first-order valence-corrected chi connectivity index (χ1v) is 15.8. The second-order valence-corrected chi connectivity index (χ2v) is 12.4. The summed E-state index contributed by atoms with van der Waals surface area (Å²) in [5, 5.41) is 40.9. The highest BCUT2D eigenvalue weighted by atomic mass is 16.4. The fourth-order valence-electron chi connectivity index (χ4n) is 6.58. The predicted octanol–water partition coefficient (Wildman–Crippen LogP) is 1.93. The van der Waals surface area contributed by atoms with Gasteiger partial charge in [0, 0.05) is 69.9 Å². The van der Waals surface area contributed by atoms with Crippen LogP contribution in [-0.2, 0) is 44.9 Å². The van der Waals surface area contributed by atoms with Crippen LogP contribution in [0.3, 0.4) is 0 Å². The lowest BCUT2D eigenvalue weighted by Crippen LogP contribution is -2.14. The van der Waals surface area contributed by atoms with Gasteiger partial charge in [-0.3, -0.25) is 19.2 Å². The number of nitrogens with one attached hydrogen (secondary N) is 4. The molecule has 0 spiro atoms. The van der Waals surface area contributed by atoms with E-state index in [0.717, 1.165) is 72.3 Å². The van der Waals surface area contributed by atoms with E-state index in [4.69, 9.17) is 0 Å². The van der Waals surface area contributed by atoms with Crippen LogP contribution in [0.15, 0.2) is 0 Å². The summed E-state index contributed by atoms with van der Waals surface area (Å²) in [6.07, 6.45) is 8.44. The van der Waals surface area contributed by atoms with Crippen molar-refractivity contribution in [3.63, 3.8) is 0 Å². The highest BCUT2D eigenvalue weighted by Gasteiger charge is 2.19. The molecule has 1 aliphatic rings. The average molecular weight is 657 g/mol. The Kier molecular flexibility index (Phi) is 9.64. The molecular formula is C36H40N4O8. The minimum absolute atomic E-state index is 0.0655. The minimum atomic E-state index is -0.931. The summed E-state index contributed by atoms with van der Waals surface area (Å²) < 4.78 is 0. The molecule has 5 heterocycles. The smallest absolute Gasteiger partial charge is 0.303 e. The van der Waals surface area contributed by atoms with Gasteiger partial charge in [-0.25, -0.2) is 0 Å². The molecule has 5 rings (SSSR count). The van der Waals surface area contributed by atoms with Crippen LogP contribution in [0.1, 0.15) is 93.0 Å². The largest absolute Gasteiger partial charge is 0.481 e. The van der Waals surface area contributed by atoms with Gasteiger partial charge in [-0.2, -0.15) is 0 Å². The summed E-state index contributed by atoms with van der Waals surface area (Å²) in [5.74, 6) is -3.70. The lowest BCUT2D eigenvalue weighted by atomic mass is 10.0. The zero-order valence-electron chi connectivity index (χ0n) is 27.4. The van der Waals surface area contributed by atoms with Crippen molar-refractivity contribution in [2.24, 2.45) is 0 Å². The fraction of sp³-hybridized carbons (Fsp3) is 0.333.